The third-order valence-electron chi connectivity index (χ3n) is 2.65. The Balaban J connectivity index is 2.73. The number of carbonyl (C=O) groups excluding carboxylic acids is 2. The zero-order valence-corrected chi connectivity index (χ0v) is 12.3. The lowest BCUT2D eigenvalue weighted by molar-refractivity contribution is -0.143. The number of amides is 2. The first-order valence-electron chi connectivity index (χ1n) is 6.54. The minimum atomic E-state index is -0.741. The van der Waals surface area contributed by atoms with Gasteiger partial charge >= 0.3 is 11.8 Å². The maximum Gasteiger partial charge on any atom is 0.313 e. The lowest BCUT2D eigenvalue weighted by Gasteiger charge is -2.20. The summed E-state index contributed by atoms with van der Waals surface area (Å²) in [5, 5.41) is 2.32. The van der Waals surface area contributed by atoms with Crippen molar-refractivity contribution in [2.45, 2.75) is 26.7 Å². The maximum atomic E-state index is 13.0. The summed E-state index contributed by atoms with van der Waals surface area (Å²) in [6, 6.07) is 3.76. The van der Waals surface area contributed by atoms with Crippen LogP contribution < -0.4 is 5.32 Å². The molecule has 0 fully saturated rings. The third-order valence-corrected chi connectivity index (χ3v) is 2.94. The van der Waals surface area contributed by atoms with Crippen LogP contribution in [0.3, 0.4) is 0 Å². The van der Waals surface area contributed by atoms with E-state index in [0.29, 0.717) is 18.8 Å². The van der Waals surface area contributed by atoms with Gasteiger partial charge in [0.05, 0.1) is 5.02 Å². The summed E-state index contributed by atoms with van der Waals surface area (Å²) < 4.78 is 13.0. The van der Waals surface area contributed by atoms with Crippen molar-refractivity contribution in [3.63, 3.8) is 0 Å². The molecule has 0 heterocycles. The summed E-state index contributed by atoms with van der Waals surface area (Å²) in [7, 11) is 0. The van der Waals surface area contributed by atoms with Gasteiger partial charge < -0.3 is 10.2 Å². The van der Waals surface area contributed by atoms with Crippen molar-refractivity contribution in [3.05, 3.63) is 29.0 Å². The molecule has 0 bridgehead atoms. The molecule has 1 aromatic rings. The second-order valence-electron chi connectivity index (χ2n) is 4.38. The fourth-order valence-corrected chi connectivity index (χ4v) is 1.94. The molecule has 1 aromatic carbocycles. The Bertz CT molecular complexity index is 488. The van der Waals surface area contributed by atoms with E-state index in [-0.39, 0.29) is 5.02 Å². The fraction of sp³-hybridized carbons (Fsp3) is 0.429. The number of hydrogen-bond donors (Lipinski definition) is 1. The van der Waals surface area contributed by atoms with Crippen LogP contribution >= 0.6 is 11.6 Å². The molecular formula is C14H18ClFN2O2. The van der Waals surface area contributed by atoms with E-state index in [1.807, 2.05) is 13.8 Å². The normalized spacial score (nSPS) is 10.2. The van der Waals surface area contributed by atoms with Gasteiger partial charge in [-0.3, -0.25) is 9.59 Å². The van der Waals surface area contributed by atoms with Crippen LogP contribution in [-0.4, -0.2) is 29.8 Å². The van der Waals surface area contributed by atoms with Crippen LogP contribution in [0.1, 0.15) is 26.7 Å². The number of rotatable bonds is 5. The number of nitrogens with one attached hydrogen (secondary N) is 1. The van der Waals surface area contributed by atoms with Crippen molar-refractivity contribution < 1.29 is 14.0 Å². The van der Waals surface area contributed by atoms with Gasteiger partial charge in [-0.2, -0.15) is 0 Å². The molecule has 0 spiro atoms. The highest BCUT2D eigenvalue weighted by Gasteiger charge is 2.20. The Morgan fingerprint density at radius 2 is 1.85 bits per heavy atom. The Morgan fingerprint density at radius 3 is 2.35 bits per heavy atom. The Kier molecular flexibility index (Phi) is 6.45. The number of nitrogens with zero attached hydrogens (tertiary/aromatic N) is 1. The summed E-state index contributed by atoms with van der Waals surface area (Å²) in [5.74, 6) is -1.90. The first-order valence-corrected chi connectivity index (χ1v) is 6.92. The first kappa shape index (κ1) is 16.4. The van der Waals surface area contributed by atoms with Crippen LogP contribution in [0.15, 0.2) is 18.2 Å². The largest absolute Gasteiger partial charge is 0.334 e. The molecule has 0 aromatic heterocycles. The molecule has 0 aliphatic heterocycles. The summed E-state index contributed by atoms with van der Waals surface area (Å²) in [6.07, 6.45) is 1.56. The molecule has 4 nitrogen and oxygen atoms in total. The molecule has 0 aliphatic carbocycles. The Morgan fingerprint density at radius 1 is 1.25 bits per heavy atom. The van der Waals surface area contributed by atoms with E-state index in [1.54, 1.807) is 0 Å². The SMILES string of the molecule is CCCN(CCC)C(=O)C(=O)Nc1ccc(F)c(Cl)c1. The molecule has 0 unspecified atom stereocenters. The van der Waals surface area contributed by atoms with E-state index in [9.17, 15) is 14.0 Å². The van der Waals surface area contributed by atoms with Crippen LogP contribution in [0, 0.1) is 5.82 Å². The van der Waals surface area contributed by atoms with E-state index >= 15 is 0 Å². The Labute approximate surface area is 122 Å². The van der Waals surface area contributed by atoms with Crippen LogP contribution in [-0.2, 0) is 9.59 Å². The van der Waals surface area contributed by atoms with Crippen molar-refractivity contribution in [2.24, 2.45) is 0 Å². The Hall–Kier alpha value is -1.62. The molecule has 110 valence electrons. The zero-order valence-electron chi connectivity index (χ0n) is 11.6. The fourth-order valence-electron chi connectivity index (χ4n) is 1.76. The molecular weight excluding hydrogens is 283 g/mol. The molecule has 1 rings (SSSR count). The molecule has 2 amide bonds. The van der Waals surface area contributed by atoms with Gasteiger partial charge in [0.1, 0.15) is 5.82 Å². The molecule has 0 radical (unpaired) electrons. The lowest BCUT2D eigenvalue weighted by atomic mass is 10.3. The van der Waals surface area contributed by atoms with Crippen LogP contribution in [0.2, 0.25) is 5.02 Å². The van der Waals surface area contributed by atoms with E-state index in [0.717, 1.165) is 18.9 Å². The quantitative estimate of drug-likeness (QED) is 0.850. The van der Waals surface area contributed by atoms with Crippen molar-refractivity contribution in [1.82, 2.24) is 4.90 Å². The average Bonchev–Trinajstić information content (AvgIpc) is 2.42. The topological polar surface area (TPSA) is 49.4 Å². The molecule has 0 saturated carbocycles. The van der Waals surface area contributed by atoms with Crippen LogP contribution in [0.25, 0.3) is 0 Å². The smallest absolute Gasteiger partial charge is 0.313 e. The number of carbonyl (C=O) groups is 2. The number of halogens is 2. The number of anilines is 1. The standard InChI is InChI=1S/C14H18ClFN2O2/c1-3-7-18(8-4-2)14(20)13(19)17-10-5-6-12(16)11(15)9-10/h5-6,9H,3-4,7-8H2,1-2H3,(H,17,19). The van der Waals surface area contributed by atoms with Gasteiger partial charge in [-0.05, 0) is 31.0 Å². The highest BCUT2D eigenvalue weighted by Crippen LogP contribution is 2.19. The molecule has 0 atom stereocenters. The van der Waals surface area contributed by atoms with Gasteiger partial charge in [0.15, 0.2) is 0 Å². The van der Waals surface area contributed by atoms with E-state index in [2.05, 4.69) is 5.32 Å². The van der Waals surface area contributed by atoms with Crippen molar-refractivity contribution in [1.29, 1.82) is 0 Å². The maximum absolute atomic E-state index is 13.0. The van der Waals surface area contributed by atoms with Crippen molar-refractivity contribution in [3.8, 4) is 0 Å². The molecule has 20 heavy (non-hydrogen) atoms. The summed E-state index contributed by atoms with van der Waals surface area (Å²) in [6.45, 7) is 4.94. The van der Waals surface area contributed by atoms with Crippen molar-refractivity contribution >= 4 is 29.1 Å². The highest BCUT2D eigenvalue weighted by molar-refractivity contribution is 6.39. The molecule has 0 aliphatic rings. The van der Waals surface area contributed by atoms with E-state index in [1.165, 1.54) is 17.0 Å². The van der Waals surface area contributed by atoms with Crippen LogP contribution in [0.5, 0.6) is 0 Å². The zero-order chi connectivity index (χ0) is 15.1. The molecule has 1 N–H and O–H groups in total. The average molecular weight is 301 g/mol. The predicted octanol–water partition coefficient (Wildman–Crippen LogP) is 3.07. The summed E-state index contributed by atoms with van der Waals surface area (Å²) >= 11 is 5.62. The minimum absolute atomic E-state index is 0.103. The third kappa shape index (κ3) is 4.49. The molecule has 6 heteroatoms. The van der Waals surface area contributed by atoms with E-state index < -0.39 is 17.6 Å². The second kappa shape index (κ2) is 7.85. The summed E-state index contributed by atoms with van der Waals surface area (Å²) in [5.41, 5.74) is 0.294. The number of benzene rings is 1. The van der Waals surface area contributed by atoms with Gasteiger partial charge in [-0.1, -0.05) is 25.4 Å². The van der Waals surface area contributed by atoms with Gasteiger partial charge in [0.25, 0.3) is 0 Å². The minimum Gasteiger partial charge on any atom is -0.334 e. The first-order chi connectivity index (χ1) is 9.49. The molecule has 0 saturated heterocycles. The second-order valence-corrected chi connectivity index (χ2v) is 4.78. The van der Waals surface area contributed by atoms with Gasteiger partial charge in [0, 0.05) is 18.8 Å². The lowest BCUT2D eigenvalue weighted by Crippen LogP contribution is -2.40. The van der Waals surface area contributed by atoms with Gasteiger partial charge in [0.2, 0.25) is 0 Å². The van der Waals surface area contributed by atoms with Crippen molar-refractivity contribution in [2.75, 3.05) is 18.4 Å². The van der Waals surface area contributed by atoms with Gasteiger partial charge in [-0.25, -0.2) is 4.39 Å². The predicted molar refractivity (Wildman–Crippen MR) is 77.2 cm³/mol. The summed E-state index contributed by atoms with van der Waals surface area (Å²) in [4.78, 5) is 25.3. The highest BCUT2D eigenvalue weighted by atomic mass is 35.5. The van der Waals surface area contributed by atoms with Crippen LogP contribution in [0.4, 0.5) is 10.1 Å². The van der Waals surface area contributed by atoms with Gasteiger partial charge in [-0.15, -0.1) is 0 Å². The van der Waals surface area contributed by atoms with E-state index in [4.69, 9.17) is 11.6 Å². The monoisotopic (exact) mass is 300 g/mol. The number of hydrogen-bond acceptors (Lipinski definition) is 2.